The van der Waals surface area contributed by atoms with E-state index in [1.165, 1.54) is 0 Å². The number of hydrogen-bond donors (Lipinski definition) is 0. The first-order valence-electron chi connectivity index (χ1n) is 5.74. The number of para-hydroxylation sites is 1. The van der Waals surface area contributed by atoms with Gasteiger partial charge in [0.15, 0.2) is 6.61 Å². The number of halogens is 2. The molecule has 0 N–H and O–H groups in total. The number of aryl methyl sites for hydroxylation is 1. The minimum absolute atomic E-state index is 0.171. The standard InChI is InChI=1S/C15H12F2O2/c1-10-4-2-3-5-15(10)19-9-14(18)12-7-6-11(16)8-13(12)17/h2-8H,9H2,1H3. The predicted molar refractivity (Wildman–Crippen MR) is 67.4 cm³/mol. The molecular weight excluding hydrogens is 250 g/mol. The van der Waals surface area contributed by atoms with Gasteiger partial charge in [-0.25, -0.2) is 8.78 Å². The van der Waals surface area contributed by atoms with Crippen LogP contribution in [0.25, 0.3) is 0 Å². The fourth-order valence-corrected chi connectivity index (χ4v) is 1.66. The second-order valence-electron chi connectivity index (χ2n) is 4.10. The molecule has 0 heterocycles. The maximum atomic E-state index is 13.4. The van der Waals surface area contributed by atoms with Crippen molar-refractivity contribution < 1.29 is 18.3 Å². The van der Waals surface area contributed by atoms with Gasteiger partial charge in [0.25, 0.3) is 0 Å². The summed E-state index contributed by atoms with van der Waals surface area (Å²) in [6, 6.07) is 10.1. The van der Waals surface area contributed by atoms with Crippen LogP contribution in [-0.2, 0) is 0 Å². The van der Waals surface area contributed by atoms with Crippen LogP contribution in [0.5, 0.6) is 5.75 Å². The van der Waals surface area contributed by atoms with E-state index in [-0.39, 0.29) is 12.2 Å². The molecule has 0 aromatic heterocycles. The molecule has 2 nitrogen and oxygen atoms in total. The highest BCUT2D eigenvalue weighted by Gasteiger charge is 2.13. The quantitative estimate of drug-likeness (QED) is 0.788. The van der Waals surface area contributed by atoms with Crippen LogP contribution in [0.15, 0.2) is 42.5 Å². The van der Waals surface area contributed by atoms with E-state index in [9.17, 15) is 13.6 Å². The van der Waals surface area contributed by atoms with Crippen LogP contribution >= 0.6 is 0 Å². The minimum Gasteiger partial charge on any atom is -0.485 e. The third-order valence-electron chi connectivity index (χ3n) is 2.68. The molecule has 0 aliphatic rings. The highest BCUT2D eigenvalue weighted by Crippen LogP contribution is 2.17. The fraction of sp³-hybridized carbons (Fsp3) is 0.133. The van der Waals surface area contributed by atoms with Crippen molar-refractivity contribution in [2.45, 2.75) is 6.92 Å². The minimum atomic E-state index is -0.876. The van der Waals surface area contributed by atoms with Crippen LogP contribution in [0.2, 0.25) is 0 Å². The Morgan fingerprint density at radius 1 is 1.16 bits per heavy atom. The van der Waals surface area contributed by atoms with Crippen molar-refractivity contribution in [3.05, 3.63) is 65.2 Å². The lowest BCUT2D eigenvalue weighted by Crippen LogP contribution is -2.13. The highest BCUT2D eigenvalue weighted by atomic mass is 19.1. The van der Waals surface area contributed by atoms with Crippen molar-refractivity contribution in [2.24, 2.45) is 0 Å². The molecule has 2 rings (SSSR count). The maximum Gasteiger partial charge on any atom is 0.203 e. The van der Waals surface area contributed by atoms with Gasteiger partial charge < -0.3 is 4.74 Å². The predicted octanol–water partition coefficient (Wildman–Crippen LogP) is 3.53. The van der Waals surface area contributed by atoms with Crippen molar-refractivity contribution >= 4 is 5.78 Å². The topological polar surface area (TPSA) is 26.3 Å². The molecule has 0 aliphatic heterocycles. The lowest BCUT2D eigenvalue weighted by Gasteiger charge is -2.08. The number of ether oxygens (including phenoxy) is 1. The zero-order valence-corrected chi connectivity index (χ0v) is 10.3. The summed E-state index contributed by atoms with van der Waals surface area (Å²) in [4.78, 5) is 11.8. The molecule has 4 heteroatoms. The van der Waals surface area contributed by atoms with Crippen LogP contribution < -0.4 is 4.74 Å². The van der Waals surface area contributed by atoms with Gasteiger partial charge in [-0.2, -0.15) is 0 Å². The van der Waals surface area contributed by atoms with E-state index in [1.54, 1.807) is 12.1 Å². The Kier molecular flexibility index (Phi) is 3.90. The van der Waals surface area contributed by atoms with Crippen LogP contribution in [0.1, 0.15) is 15.9 Å². The van der Waals surface area contributed by atoms with E-state index in [0.29, 0.717) is 11.8 Å². The average molecular weight is 262 g/mol. The Bertz CT molecular complexity index is 609. The van der Waals surface area contributed by atoms with Crippen LogP contribution in [-0.4, -0.2) is 12.4 Å². The smallest absolute Gasteiger partial charge is 0.203 e. The number of benzene rings is 2. The fourth-order valence-electron chi connectivity index (χ4n) is 1.66. The van der Waals surface area contributed by atoms with Gasteiger partial charge in [0.05, 0.1) is 5.56 Å². The van der Waals surface area contributed by atoms with Crippen molar-refractivity contribution in [1.82, 2.24) is 0 Å². The van der Waals surface area contributed by atoms with Gasteiger partial charge in [0.2, 0.25) is 5.78 Å². The summed E-state index contributed by atoms with van der Waals surface area (Å²) in [7, 11) is 0. The van der Waals surface area contributed by atoms with E-state index in [0.717, 1.165) is 17.7 Å². The molecule has 0 saturated heterocycles. The van der Waals surface area contributed by atoms with E-state index in [1.807, 2.05) is 19.1 Å². The molecule has 0 unspecified atom stereocenters. The van der Waals surface area contributed by atoms with Crippen LogP contribution in [0.4, 0.5) is 8.78 Å². The summed E-state index contributed by atoms with van der Waals surface area (Å²) in [5.74, 6) is -1.55. The molecule has 0 saturated carbocycles. The van der Waals surface area contributed by atoms with Gasteiger partial charge in [-0.1, -0.05) is 18.2 Å². The third-order valence-corrected chi connectivity index (χ3v) is 2.68. The Balaban J connectivity index is 2.08. The lowest BCUT2D eigenvalue weighted by molar-refractivity contribution is 0.0917. The van der Waals surface area contributed by atoms with Crippen LogP contribution in [0.3, 0.4) is 0 Å². The molecule has 0 spiro atoms. The van der Waals surface area contributed by atoms with Crippen molar-refractivity contribution in [3.8, 4) is 5.75 Å². The van der Waals surface area contributed by atoms with E-state index >= 15 is 0 Å². The highest BCUT2D eigenvalue weighted by molar-refractivity contribution is 5.97. The van der Waals surface area contributed by atoms with Gasteiger partial charge in [0.1, 0.15) is 17.4 Å². The Morgan fingerprint density at radius 3 is 2.58 bits per heavy atom. The van der Waals surface area contributed by atoms with Gasteiger partial charge in [-0.3, -0.25) is 4.79 Å². The molecule has 0 fully saturated rings. The van der Waals surface area contributed by atoms with Gasteiger partial charge in [-0.15, -0.1) is 0 Å². The van der Waals surface area contributed by atoms with E-state index in [2.05, 4.69) is 0 Å². The molecule has 2 aromatic carbocycles. The maximum absolute atomic E-state index is 13.4. The third kappa shape index (κ3) is 3.16. The second kappa shape index (κ2) is 5.61. The van der Waals surface area contributed by atoms with Gasteiger partial charge >= 0.3 is 0 Å². The van der Waals surface area contributed by atoms with Crippen molar-refractivity contribution in [2.75, 3.05) is 6.61 Å². The summed E-state index contributed by atoms with van der Waals surface area (Å²) in [6.45, 7) is 1.56. The lowest BCUT2D eigenvalue weighted by atomic mass is 10.1. The number of rotatable bonds is 4. The van der Waals surface area contributed by atoms with Crippen molar-refractivity contribution in [3.63, 3.8) is 0 Å². The molecule has 0 bridgehead atoms. The summed E-state index contributed by atoms with van der Waals surface area (Å²) < 4.78 is 31.4. The van der Waals surface area contributed by atoms with E-state index < -0.39 is 17.4 Å². The summed E-state index contributed by atoms with van der Waals surface area (Å²) in [5, 5.41) is 0. The van der Waals surface area contributed by atoms with Crippen LogP contribution in [0, 0.1) is 18.6 Å². The molecule has 2 aromatic rings. The molecule has 0 atom stereocenters. The van der Waals surface area contributed by atoms with Crippen molar-refractivity contribution in [1.29, 1.82) is 0 Å². The largest absolute Gasteiger partial charge is 0.485 e. The molecule has 0 aliphatic carbocycles. The first-order chi connectivity index (χ1) is 9.08. The number of hydrogen-bond acceptors (Lipinski definition) is 2. The summed E-state index contributed by atoms with van der Waals surface area (Å²) in [6.07, 6.45) is 0. The number of Topliss-reactive ketones (excluding diaryl/α,β-unsaturated/α-hetero) is 1. The second-order valence-corrected chi connectivity index (χ2v) is 4.10. The zero-order chi connectivity index (χ0) is 13.8. The molecule has 19 heavy (non-hydrogen) atoms. The van der Waals surface area contributed by atoms with Gasteiger partial charge in [-0.05, 0) is 30.7 Å². The molecular formula is C15H12F2O2. The molecule has 0 amide bonds. The number of ketones is 1. The first kappa shape index (κ1) is 13.2. The van der Waals surface area contributed by atoms with Gasteiger partial charge in [0, 0.05) is 6.07 Å². The average Bonchev–Trinajstić information content (AvgIpc) is 2.37. The molecule has 0 radical (unpaired) electrons. The monoisotopic (exact) mass is 262 g/mol. The zero-order valence-electron chi connectivity index (χ0n) is 10.3. The first-order valence-corrected chi connectivity index (χ1v) is 5.74. The Hall–Kier alpha value is -2.23. The Labute approximate surface area is 109 Å². The molecule has 98 valence electrons. The summed E-state index contributed by atoms with van der Waals surface area (Å²) >= 11 is 0. The summed E-state index contributed by atoms with van der Waals surface area (Å²) in [5.41, 5.74) is 0.713. The van der Waals surface area contributed by atoms with E-state index in [4.69, 9.17) is 4.74 Å². The SMILES string of the molecule is Cc1ccccc1OCC(=O)c1ccc(F)cc1F. The number of carbonyl (C=O) groups is 1. The Morgan fingerprint density at radius 2 is 1.89 bits per heavy atom. The number of carbonyl (C=O) groups excluding carboxylic acids is 1. The normalized spacial score (nSPS) is 10.3.